The molecule has 3 heterocycles. The van der Waals surface area contributed by atoms with Crippen molar-refractivity contribution in [1.29, 1.82) is 0 Å². The summed E-state index contributed by atoms with van der Waals surface area (Å²) in [6, 6.07) is 4.39. The first-order valence-corrected chi connectivity index (χ1v) is 6.42. The Morgan fingerprint density at radius 2 is 2.00 bits per heavy atom. The number of pyridine rings is 2. The van der Waals surface area contributed by atoms with Gasteiger partial charge in [-0.25, -0.2) is 4.39 Å². The molecule has 118 valence electrons. The molecule has 3 rings (SSSR count). The average molecular weight is 322 g/mol. The minimum absolute atomic E-state index is 0.0467. The van der Waals surface area contributed by atoms with Crippen LogP contribution in [0.15, 0.2) is 41.2 Å². The van der Waals surface area contributed by atoms with Crippen molar-refractivity contribution >= 4 is 0 Å². The Morgan fingerprint density at radius 3 is 2.65 bits per heavy atom. The van der Waals surface area contributed by atoms with Crippen LogP contribution in [0.2, 0.25) is 0 Å². The Bertz CT molecular complexity index is 793. The fourth-order valence-electron chi connectivity index (χ4n) is 1.70. The predicted octanol–water partition coefficient (Wildman–Crippen LogP) is 3.18. The second-order valence-electron chi connectivity index (χ2n) is 4.41. The van der Waals surface area contributed by atoms with E-state index in [0.29, 0.717) is 11.3 Å². The fourth-order valence-corrected chi connectivity index (χ4v) is 1.70. The Kier molecular flexibility index (Phi) is 4.18. The molecule has 6 nitrogen and oxygen atoms in total. The zero-order valence-electron chi connectivity index (χ0n) is 11.5. The van der Waals surface area contributed by atoms with Gasteiger partial charge in [0.1, 0.15) is 18.2 Å². The molecule has 0 radical (unpaired) electrons. The lowest BCUT2D eigenvalue weighted by Gasteiger charge is -2.05. The van der Waals surface area contributed by atoms with Crippen LogP contribution in [-0.2, 0) is 6.61 Å². The van der Waals surface area contributed by atoms with Crippen molar-refractivity contribution < 1.29 is 22.3 Å². The number of ether oxygens (including phenoxy) is 1. The second-order valence-corrected chi connectivity index (χ2v) is 4.41. The second kappa shape index (κ2) is 6.42. The monoisotopic (exact) mass is 322 g/mol. The van der Waals surface area contributed by atoms with Gasteiger partial charge in [-0.3, -0.25) is 9.97 Å². The third-order valence-corrected chi connectivity index (χ3v) is 2.77. The molecular weight excluding hydrogens is 313 g/mol. The van der Waals surface area contributed by atoms with E-state index in [0.717, 1.165) is 6.20 Å². The lowest BCUT2D eigenvalue weighted by Crippen LogP contribution is -1.98. The largest absolute Gasteiger partial charge is 0.486 e. The van der Waals surface area contributed by atoms with Gasteiger partial charge in [-0.2, -0.15) is 8.78 Å². The van der Waals surface area contributed by atoms with Gasteiger partial charge < -0.3 is 9.15 Å². The van der Waals surface area contributed by atoms with Crippen LogP contribution in [0.4, 0.5) is 13.2 Å². The molecule has 0 amide bonds. The van der Waals surface area contributed by atoms with E-state index in [1.807, 2.05) is 0 Å². The maximum Gasteiger partial charge on any atom is 0.314 e. The molecule has 0 spiro atoms. The summed E-state index contributed by atoms with van der Waals surface area (Å²) >= 11 is 0. The molecule has 0 N–H and O–H groups in total. The van der Waals surface area contributed by atoms with Gasteiger partial charge in [0, 0.05) is 12.3 Å². The zero-order valence-corrected chi connectivity index (χ0v) is 11.5. The third kappa shape index (κ3) is 3.62. The first-order valence-electron chi connectivity index (χ1n) is 6.42. The van der Waals surface area contributed by atoms with E-state index in [4.69, 9.17) is 9.15 Å². The number of hydrogen-bond acceptors (Lipinski definition) is 6. The standard InChI is InChI=1S/C14H9F3N4O2/c15-9-3-11(6-18-5-9)22-7-10-2-1-8(4-19-10)13-20-21-14(23-13)12(16)17/h1-6,12H,7H2. The molecule has 3 aromatic heterocycles. The van der Waals surface area contributed by atoms with Crippen molar-refractivity contribution in [3.05, 3.63) is 54.2 Å². The first kappa shape index (κ1) is 14.9. The van der Waals surface area contributed by atoms with Crippen molar-refractivity contribution in [2.75, 3.05) is 0 Å². The highest BCUT2D eigenvalue weighted by Crippen LogP contribution is 2.22. The summed E-state index contributed by atoms with van der Waals surface area (Å²) in [6.07, 6.45) is 1.02. The predicted molar refractivity (Wildman–Crippen MR) is 71.0 cm³/mol. The van der Waals surface area contributed by atoms with Gasteiger partial charge >= 0.3 is 6.43 Å². The number of hydrogen-bond donors (Lipinski definition) is 0. The quantitative estimate of drug-likeness (QED) is 0.718. The molecule has 0 bridgehead atoms. The van der Waals surface area contributed by atoms with Crippen LogP contribution in [0, 0.1) is 5.82 Å². The lowest BCUT2D eigenvalue weighted by molar-refractivity contribution is 0.116. The van der Waals surface area contributed by atoms with Gasteiger partial charge in [-0.05, 0) is 12.1 Å². The molecule has 0 aliphatic rings. The molecular formula is C14H9F3N4O2. The topological polar surface area (TPSA) is 73.9 Å². The number of aromatic nitrogens is 4. The third-order valence-electron chi connectivity index (χ3n) is 2.77. The van der Waals surface area contributed by atoms with Crippen LogP contribution in [0.3, 0.4) is 0 Å². The van der Waals surface area contributed by atoms with Crippen LogP contribution in [0.1, 0.15) is 18.0 Å². The van der Waals surface area contributed by atoms with Gasteiger partial charge in [0.25, 0.3) is 5.89 Å². The average Bonchev–Trinajstić information content (AvgIpc) is 3.04. The lowest BCUT2D eigenvalue weighted by atomic mass is 10.2. The zero-order chi connectivity index (χ0) is 16.2. The van der Waals surface area contributed by atoms with Crippen LogP contribution in [0.25, 0.3) is 11.5 Å². The van der Waals surface area contributed by atoms with E-state index in [-0.39, 0.29) is 18.2 Å². The number of alkyl halides is 2. The van der Waals surface area contributed by atoms with Crippen molar-refractivity contribution in [3.8, 4) is 17.2 Å². The maximum absolute atomic E-state index is 13.0. The van der Waals surface area contributed by atoms with E-state index in [2.05, 4.69) is 20.2 Å². The highest BCUT2D eigenvalue weighted by atomic mass is 19.3. The Balaban J connectivity index is 1.67. The van der Waals surface area contributed by atoms with Gasteiger partial charge in [0.2, 0.25) is 5.89 Å². The smallest absolute Gasteiger partial charge is 0.314 e. The molecule has 0 fully saturated rings. The molecule has 0 aromatic carbocycles. The molecule has 0 aliphatic heterocycles. The Morgan fingerprint density at radius 1 is 1.13 bits per heavy atom. The van der Waals surface area contributed by atoms with Gasteiger partial charge in [0.15, 0.2) is 0 Å². The van der Waals surface area contributed by atoms with E-state index < -0.39 is 18.1 Å². The summed E-state index contributed by atoms with van der Waals surface area (Å²) in [5.74, 6) is -1.02. The van der Waals surface area contributed by atoms with E-state index in [1.165, 1.54) is 18.5 Å². The minimum Gasteiger partial charge on any atom is -0.486 e. The highest BCUT2D eigenvalue weighted by molar-refractivity contribution is 5.50. The molecule has 23 heavy (non-hydrogen) atoms. The molecule has 0 saturated heterocycles. The summed E-state index contributed by atoms with van der Waals surface area (Å²) in [7, 11) is 0. The first-order chi connectivity index (χ1) is 11.1. The Hall–Kier alpha value is -2.97. The van der Waals surface area contributed by atoms with Gasteiger partial charge in [-0.1, -0.05) is 0 Å². The van der Waals surface area contributed by atoms with Crippen molar-refractivity contribution in [2.24, 2.45) is 0 Å². The number of nitrogens with zero attached hydrogens (tertiary/aromatic N) is 4. The SMILES string of the molecule is Fc1cncc(OCc2ccc(-c3nnc(C(F)F)o3)cn2)c1. The molecule has 0 atom stereocenters. The van der Waals surface area contributed by atoms with Crippen LogP contribution in [0.5, 0.6) is 5.75 Å². The summed E-state index contributed by atoms with van der Waals surface area (Å²) in [6.45, 7) is 0.0948. The van der Waals surface area contributed by atoms with Crippen LogP contribution >= 0.6 is 0 Å². The molecule has 0 unspecified atom stereocenters. The van der Waals surface area contributed by atoms with Gasteiger partial charge in [-0.15, -0.1) is 10.2 Å². The van der Waals surface area contributed by atoms with Crippen molar-refractivity contribution in [1.82, 2.24) is 20.2 Å². The van der Waals surface area contributed by atoms with E-state index in [9.17, 15) is 13.2 Å². The van der Waals surface area contributed by atoms with Crippen LogP contribution < -0.4 is 4.74 Å². The normalized spacial score (nSPS) is 11.0. The van der Waals surface area contributed by atoms with Crippen molar-refractivity contribution in [3.63, 3.8) is 0 Å². The summed E-state index contributed by atoms with van der Waals surface area (Å²) in [5.41, 5.74) is 0.951. The molecule has 0 aliphatic carbocycles. The molecule has 0 saturated carbocycles. The summed E-state index contributed by atoms with van der Waals surface area (Å²) in [5, 5.41) is 6.76. The maximum atomic E-state index is 13.0. The highest BCUT2D eigenvalue weighted by Gasteiger charge is 2.17. The van der Waals surface area contributed by atoms with E-state index in [1.54, 1.807) is 12.1 Å². The molecule has 9 heteroatoms. The molecule has 3 aromatic rings. The summed E-state index contributed by atoms with van der Waals surface area (Å²) < 4.78 is 47.9. The fraction of sp³-hybridized carbons (Fsp3) is 0.143. The van der Waals surface area contributed by atoms with Crippen LogP contribution in [-0.4, -0.2) is 20.2 Å². The number of rotatable bonds is 5. The Labute approximate surface area is 128 Å². The minimum atomic E-state index is -2.82. The number of halogens is 3. The van der Waals surface area contributed by atoms with Crippen molar-refractivity contribution in [2.45, 2.75) is 13.0 Å². The summed E-state index contributed by atoms with van der Waals surface area (Å²) in [4.78, 5) is 7.75. The van der Waals surface area contributed by atoms with Gasteiger partial charge in [0.05, 0.1) is 23.7 Å². The van der Waals surface area contributed by atoms with E-state index >= 15 is 0 Å².